The molecule has 2 aliphatic heterocycles. The summed E-state index contributed by atoms with van der Waals surface area (Å²) in [5, 5.41) is 3.34. The van der Waals surface area contributed by atoms with Gasteiger partial charge in [-0.3, -0.25) is 9.52 Å². The summed E-state index contributed by atoms with van der Waals surface area (Å²) in [7, 11) is -1.61. The summed E-state index contributed by atoms with van der Waals surface area (Å²) in [6, 6.07) is 11.0. The number of urea groups is 1. The topological polar surface area (TPSA) is 109 Å². The number of carbonyl (C=O) groups is 2. The minimum absolute atomic E-state index is 0.0266. The van der Waals surface area contributed by atoms with E-state index in [4.69, 9.17) is 21.1 Å². The fourth-order valence-electron chi connectivity index (χ4n) is 7.46. The Labute approximate surface area is 271 Å². The lowest BCUT2D eigenvalue weighted by atomic mass is 9.68. The highest BCUT2D eigenvalue weighted by Crippen LogP contribution is 2.47. The van der Waals surface area contributed by atoms with Crippen molar-refractivity contribution in [2.45, 2.75) is 63.4 Å². The van der Waals surface area contributed by atoms with Gasteiger partial charge in [0.05, 0.1) is 24.2 Å². The molecule has 2 N–H and O–H groups in total. The van der Waals surface area contributed by atoms with E-state index in [2.05, 4.69) is 43.6 Å². The van der Waals surface area contributed by atoms with Gasteiger partial charge in [-0.25, -0.2) is 9.00 Å². The van der Waals surface area contributed by atoms with Gasteiger partial charge in [0.25, 0.3) is 5.91 Å². The van der Waals surface area contributed by atoms with Crippen LogP contribution in [0.1, 0.15) is 66.9 Å². The number of allylic oxidation sites excluding steroid dienone is 1. The first kappa shape index (κ1) is 31.9. The lowest BCUT2D eigenvalue weighted by Crippen LogP contribution is -2.49. The quantitative estimate of drug-likeness (QED) is 0.390. The molecule has 0 radical (unpaired) electrons. The number of aryl methyl sites for hydroxylation is 1. The highest BCUT2D eigenvalue weighted by molar-refractivity contribution is 7.92. The van der Waals surface area contributed by atoms with E-state index in [1.807, 2.05) is 18.2 Å². The van der Waals surface area contributed by atoms with Crippen molar-refractivity contribution in [1.29, 1.82) is 0 Å². The number of nitrogens with zero attached hydrogens (tertiary/aromatic N) is 2. The predicted molar refractivity (Wildman–Crippen MR) is 178 cm³/mol. The van der Waals surface area contributed by atoms with E-state index < -0.39 is 21.9 Å². The van der Waals surface area contributed by atoms with Crippen molar-refractivity contribution in [2.24, 2.45) is 16.2 Å². The van der Waals surface area contributed by atoms with E-state index in [1.165, 1.54) is 11.1 Å². The summed E-state index contributed by atoms with van der Waals surface area (Å²) in [6.07, 6.45) is 10.5. The fraction of sp³-hybridized carbons (Fsp3) is 0.529. The molecule has 6 rings (SSSR count). The van der Waals surface area contributed by atoms with Gasteiger partial charge in [-0.1, -0.05) is 29.8 Å². The molecule has 0 aromatic heterocycles. The Hall–Kier alpha value is -3.08. The molecule has 0 unspecified atom stereocenters. The number of rotatable bonds is 3. The number of ether oxygens (including phenoxy) is 2. The molecule has 2 aromatic carbocycles. The number of hydrogen-bond acceptors (Lipinski definition) is 6. The highest BCUT2D eigenvalue weighted by atomic mass is 35.5. The maximum absolute atomic E-state index is 13.9. The van der Waals surface area contributed by atoms with Gasteiger partial charge in [-0.2, -0.15) is 0 Å². The Balaban J connectivity index is 1.43. The molecule has 242 valence electrons. The van der Waals surface area contributed by atoms with Crippen molar-refractivity contribution >= 4 is 39.1 Å². The van der Waals surface area contributed by atoms with E-state index in [9.17, 15) is 13.8 Å². The van der Waals surface area contributed by atoms with Gasteiger partial charge < -0.3 is 19.7 Å². The summed E-state index contributed by atoms with van der Waals surface area (Å²) in [5.41, 5.74) is 3.46. The van der Waals surface area contributed by atoms with Crippen LogP contribution in [0.15, 0.2) is 52.9 Å². The number of halogens is 1. The molecule has 9 nitrogen and oxygen atoms in total. The summed E-state index contributed by atoms with van der Waals surface area (Å²) in [4.78, 5) is 28.4. The first-order valence-electron chi connectivity index (χ1n) is 16.1. The van der Waals surface area contributed by atoms with Gasteiger partial charge >= 0.3 is 6.03 Å². The van der Waals surface area contributed by atoms with Crippen molar-refractivity contribution in [3.05, 3.63) is 70.3 Å². The maximum atomic E-state index is 13.9. The van der Waals surface area contributed by atoms with E-state index in [0.29, 0.717) is 49.1 Å². The van der Waals surface area contributed by atoms with Crippen LogP contribution in [0, 0.1) is 11.8 Å². The predicted octanol–water partition coefficient (Wildman–Crippen LogP) is 6.05. The zero-order valence-corrected chi connectivity index (χ0v) is 27.6. The molecule has 2 heterocycles. The molecular weight excluding hydrogens is 612 g/mol. The van der Waals surface area contributed by atoms with Crippen LogP contribution in [0.4, 0.5) is 10.5 Å². The third-order valence-electron chi connectivity index (χ3n) is 9.85. The third-order valence-corrected chi connectivity index (χ3v) is 11.9. The van der Waals surface area contributed by atoms with Crippen LogP contribution in [-0.2, 0) is 26.5 Å². The number of amides is 3. The van der Waals surface area contributed by atoms with E-state index in [-0.39, 0.29) is 17.3 Å². The number of carbonyl (C=O) groups excluding carboxylic acids is 2. The Morgan fingerprint density at radius 2 is 2.09 bits per heavy atom. The first-order chi connectivity index (χ1) is 21.7. The van der Waals surface area contributed by atoms with Crippen molar-refractivity contribution in [1.82, 2.24) is 10.0 Å². The number of methoxy groups -OCH3 is 1. The smallest absolute Gasteiger partial charge is 0.327 e. The van der Waals surface area contributed by atoms with Crippen molar-refractivity contribution < 1.29 is 23.3 Å². The summed E-state index contributed by atoms with van der Waals surface area (Å²) in [6.45, 7) is 4.17. The van der Waals surface area contributed by atoms with Gasteiger partial charge in [0.2, 0.25) is 0 Å². The van der Waals surface area contributed by atoms with Gasteiger partial charge in [0.15, 0.2) is 0 Å². The van der Waals surface area contributed by atoms with Gasteiger partial charge in [-0.05, 0) is 105 Å². The first-order valence-corrected chi connectivity index (χ1v) is 18.1. The average molecular weight is 655 g/mol. The SMILES string of the molecule is CCNC(=O)N[S@]1(=O)=NC(=O)c2ccc3c(c2)N(C[C@@H]2CC[C@H]2[C@@H](OC)/C=C/CCC1)C[C@@]1(CCCc2cc(Cl)ccc21)CO3. The van der Waals surface area contributed by atoms with Gasteiger partial charge in [0.1, 0.15) is 15.7 Å². The van der Waals surface area contributed by atoms with Crippen LogP contribution in [0.5, 0.6) is 5.75 Å². The van der Waals surface area contributed by atoms with Crippen LogP contribution in [0.3, 0.4) is 0 Å². The second-order valence-electron chi connectivity index (χ2n) is 12.8. The Morgan fingerprint density at radius 1 is 1.22 bits per heavy atom. The monoisotopic (exact) mass is 654 g/mol. The maximum Gasteiger partial charge on any atom is 0.327 e. The fourth-order valence-corrected chi connectivity index (χ4v) is 9.18. The molecular formula is C34H43ClN4O5S. The number of hydrogen-bond donors (Lipinski definition) is 2. The molecule has 0 saturated heterocycles. The summed E-state index contributed by atoms with van der Waals surface area (Å²) >= 11 is 6.42. The highest BCUT2D eigenvalue weighted by Gasteiger charge is 2.44. The number of fused-ring (bicyclic) bond motifs is 4. The second kappa shape index (κ2) is 13.3. The minimum atomic E-state index is -3.37. The van der Waals surface area contributed by atoms with Crippen molar-refractivity contribution in [3.8, 4) is 5.75 Å². The van der Waals surface area contributed by atoms with Crippen molar-refractivity contribution in [2.75, 3.05) is 44.0 Å². The van der Waals surface area contributed by atoms with E-state index >= 15 is 0 Å². The molecule has 2 aromatic rings. The number of anilines is 1. The number of benzene rings is 2. The van der Waals surface area contributed by atoms with Crippen LogP contribution in [-0.4, -0.2) is 61.4 Å². The van der Waals surface area contributed by atoms with E-state index in [0.717, 1.165) is 55.9 Å². The molecule has 2 bridgehead atoms. The van der Waals surface area contributed by atoms with Crippen LogP contribution < -0.4 is 19.7 Å². The summed E-state index contributed by atoms with van der Waals surface area (Å²) in [5.74, 6) is 0.915. The molecule has 1 fully saturated rings. The standard InChI is InChI=1S/C34H43ClN4O5S/c1-3-36-33(41)38-45(42)17-6-4-5-9-30(43-2)27-13-10-25(27)20-39-21-34(16-7-8-23-18-26(35)12-14-28(23)34)22-44-31-15-11-24(19-29(31)39)32(40)37-45/h5,9,11-12,14-15,18-19,25,27,30H,3-4,6-8,10,13,16-17,20-22H2,1-2H3,(H2,36,37,38,40,41,42)/b9-5+/t25-,27+,30-,34-,45+/m0/s1. The molecule has 1 spiro atoms. The zero-order valence-electron chi connectivity index (χ0n) is 26.1. The minimum Gasteiger partial charge on any atom is -0.490 e. The normalized spacial score (nSPS) is 30.4. The zero-order chi connectivity index (χ0) is 31.6. The molecule has 45 heavy (non-hydrogen) atoms. The Kier molecular flexibility index (Phi) is 9.45. The van der Waals surface area contributed by atoms with Gasteiger partial charge in [-0.15, -0.1) is 4.36 Å². The third kappa shape index (κ3) is 6.74. The van der Waals surface area contributed by atoms with Crippen LogP contribution in [0.2, 0.25) is 5.02 Å². The second-order valence-corrected chi connectivity index (χ2v) is 15.3. The molecule has 3 amide bonds. The lowest BCUT2D eigenvalue weighted by Gasteiger charge is -2.46. The Bertz CT molecular complexity index is 1600. The van der Waals surface area contributed by atoms with Crippen molar-refractivity contribution in [3.63, 3.8) is 0 Å². The lowest BCUT2D eigenvalue weighted by molar-refractivity contribution is 0.0132. The molecule has 5 atom stereocenters. The largest absolute Gasteiger partial charge is 0.490 e. The van der Waals surface area contributed by atoms with Crippen LogP contribution >= 0.6 is 11.6 Å². The molecule has 4 aliphatic rings. The number of nitrogens with one attached hydrogen (secondary N) is 2. The summed E-state index contributed by atoms with van der Waals surface area (Å²) < 4.78 is 33.1. The van der Waals surface area contributed by atoms with E-state index in [1.54, 1.807) is 20.1 Å². The molecule has 11 heteroatoms. The average Bonchev–Trinajstić information content (AvgIpc) is 3.14. The molecule has 1 saturated carbocycles. The Morgan fingerprint density at radius 3 is 2.87 bits per heavy atom. The van der Waals surface area contributed by atoms with Crippen LogP contribution in [0.25, 0.3) is 0 Å². The van der Waals surface area contributed by atoms with Gasteiger partial charge in [0, 0.05) is 42.7 Å². The molecule has 2 aliphatic carbocycles.